The maximum absolute atomic E-state index is 12.8. The molecular formula is C19H21NO2. The third-order valence-electron chi connectivity index (χ3n) is 4.40. The van der Waals surface area contributed by atoms with Gasteiger partial charge < -0.3 is 10.1 Å². The summed E-state index contributed by atoms with van der Waals surface area (Å²) in [7, 11) is 1.65. The van der Waals surface area contributed by atoms with Crippen molar-refractivity contribution >= 4 is 11.5 Å². The number of hydrogen-bond donors (Lipinski definition) is 1. The van der Waals surface area contributed by atoms with E-state index in [1.165, 1.54) is 0 Å². The molecule has 1 saturated carbocycles. The quantitative estimate of drug-likeness (QED) is 0.921. The van der Waals surface area contributed by atoms with Crippen LogP contribution in [0.15, 0.2) is 54.6 Å². The molecule has 0 saturated heterocycles. The molecule has 3 rings (SSSR count). The largest absolute Gasteiger partial charge is 0.497 e. The molecule has 0 spiro atoms. The van der Waals surface area contributed by atoms with Crippen LogP contribution in [0.4, 0.5) is 5.69 Å². The van der Waals surface area contributed by atoms with Gasteiger partial charge in [0.15, 0.2) is 5.78 Å². The summed E-state index contributed by atoms with van der Waals surface area (Å²) in [6, 6.07) is 17.8. The van der Waals surface area contributed by atoms with Crippen molar-refractivity contribution in [1.82, 2.24) is 0 Å². The van der Waals surface area contributed by atoms with Crippen LogP contribution in [0.3, 0.4) is 0 Å². The molecule has 2 aromatic rings. The summed E-state index contributed by atoms with van der Waals surface area (Å²) in [6.07, 6.45) is 3.52. The van der Waals surface area contributed by atoms with E-state index < -0.39 is 5.54 Å². The number of benzene rings is 2. The summed E-state index contributed by atoms with van der Waals surface area (Å²) < 4.78 is 5.20. The minimum Gasteiger partial charge on any atom is -0.497 e. The van der Waals surface area contributed by atoms with Crippen LogP contribution in [0.25, 0.3) is 0 Å². The Bertz CT molecular complexity index is 636. The molecule has 0 aliphatic heterocycles. The molecule has 1 N–H and O–H groups in total. The number of hydrogen-bond acceptors (Lipinski definition) is 3. The van der Waals surface area contributed by atoms with E-state index in [0.29, 0.717) is 6.42 Å². The van der Waals surface area contributed by atoms with Crippen LogP contribution in [0.5, 0.6) is 5.75 Å². The number of Topliss-reactive ketones (excluding diaryl/α,β-unsaturated/α-hetero) is 1. The molecule has 3 heteroatoms. The van der Waals surface area contributed by atoms with E-state index in [4.69, 9.17) is 4.74 Å². The van der Waals surface area contributed by atoms with Gasteiger partial charge >= 0.3 is 0 Å². The zero-order valence-corrected chi connectivity index (χ0v) is 12.8. The smallest absolute Gasteiger partial charge is 0.162 e. The van der Waals surface area contributed by atoms with Crippen LogP contribution >= 0.6 is 0 Å². The second kappa shape index (κ2) is 6.22. The molecule has 22 heavy (non-hydrogen) atoms. The van der Waals surface area contributed by atoms with Gasteiger partial charge in [0, 0.05) is 12.1 Å². The van der Waals surface area contributed by atoms with E-state index in [9.17, 15) is 4.79 Å². The fourth-order valence-corrected chi connectivity index (χ4v) is 3.18. The van der Waals surface area contributed by atoms with Crippen molar-refractivity contribution in [1.29, 1.82) is 0 Å². The molecular weight excluding hydrogens is 274 g/mol. The number of anilines is 1. The average molecular weight is 295 g/mol. The molecule has 1 aliphatic rings. The number of ketones is 1. The second-order valence-corrected chi connectivity index (χ2v) is 5.76. The Morgan fingerprint density at radius 1 is 1.00 bits per heavy atom. The van der Waals surface area contributed by atoms with Crippen molar-refractivity contribution in [3.05, 3.63) is 60.2 Å². The van der Waals surface area contributed by atoms with Gasteiger partial charge in [0.2, 0.25) is 0 Å². The van der Waals surface area contributed by atoms with Crippen LogP contribution in [-0.4, -0.2) is 12.9 Å². The van der Waals surface area contributed by atoms with Gasteiger partial charge in [0.05, 0.1) is 7.11 Å². The SMILES string of the molecule is COc1ccc(N[C@@]2(c3ccccc3)CCCCC2=O)cc1. The highest BCUT2D eigenvalue weighted by molar-refractivity contribution is 5.93. The third-order valence-corrected chi connectivity index (χ3v) is 4.40. The fourth-order valence-electron chi connectivity index (χ4n) is 3.18. The van der Waals surface area contributed by atoms with E-state index in [1.54, 1.807) is 7.11 Å². The van der Waals surface area contributed by atoms with Crippen molar-refractivity contribution in [2.24, 2.45) is 0 Å². The normalized spacial score (nSPS) is 21.4. The van der Waals surface area contributed by atoms with E-state index >= 15 is 0 Å². The van der Waals surface area contributed by atoms with E-state index in [-0.39, 0.29) is 5.78 Å². The fraction of sp³-hybridized carbons (Fsp3) is 0.316. The molecule has 0 radical (unpaired) electrons. The molecule has 1 aliphatic carbocycles. The summed E-state index contributed by atoms with van der Waals surface area (Å²) in [5, 5.41) is 3.51. The Kier molecular flexibility index (Phi) is 4.14. The van der Waals surface area contributed by atoms with Crippen molar-refractivity contribution in [3.63, 3.8) is 0 Å². The van der Waals surface area contributed by atoms with Gasteiger partial charge in [-0.1, -0.05) is 30.3 Å². The predicted molar refractivity (Wildman–Crippen MR) is 88.2 cm³/mol. The molecule has 0 bridgehead atoms. The molecule has 0 unspecified atom stereocenters. The first-order valence-corrected chi connectivity index (χ1v) is 7.76. The molecule has 0 aromatic heterocycles. The Balaban J connectivity index is 1.96. The monoisotopic (exact) mass is 295 g/mol. The van der Waals surface area contributed by atoms with Crippen molar-refractivity contribution in [2.75, 3.05) is 12.4 Å². The third kappa shape index (κ3) is 2.71. The van der Waals surface area contributed by atoms with E-state index in [2.05, 4.69) is 5.32 Å². The van der Waals surface area contributed by atoms with Crippen LogP contribution in [-0.2, 0) is 10.3 Å². The number of rotatable bonds is 4. The number of nitrogens with one attached hydrogen (secondary N) is 1. The maximum atomic E-state index is 12.8. The van der Waals surface area contributed by atoms with Gasteiger partial charge in [-0.2, -0.15) is 0 Å². The lowest BCUT2D eigenvalue weighted by Crippen LogP contribution is -2.45. The number of carbonyl (C=O) groups excluding carboxylic acids is 1. The average Bonchev–Trinajstić information content (AvgIpc) is 2.58. The van der Waals surface area contributed by atoms with Gasteiger partial charge in [-0.25, -0.2) is 0 Å². The summed E-state index contributed by atoms with van der Waals surface area (Å²) in [6.45, 7) is 0. The summed E-state index contributed by atoms with van der Waals surface area (Å²) in [4.78, 5) is 12.8. The molecule has 3 nitrogen and oxygen atoms in total. The van der Waals surface area contributed by atoms with Crippen LogP contribution < -0.4 is 10.1 Å². The van der Waals surface area contributed by atoms with Crippen molar-refractivity contribution < 1.29 is 9.53 Å². The number of ether oxygens (including phenoxy) is 1. The first-order valence-electron chi connectivity index (χ1n) is 7.76. The van der Waals surface area contributed by atoms with Gasteiger partial charge in [-0.05, 0) is 49.1 Å². The Morgan fingerprint density at radius 3 is 2.36 bits per heavy atom. The van der Waals surface area contributed by atoms with Crippen LogP contribution in [0.2, 0.25) is 0 Å². The highest BCUT2D eigenvalue weighted by atomic mass is 16.5. The minimum absolute atomic E-state index is 0.278. The zero-order chi connectivity index (χ0) is 15.4. The van der Waals surface area contributed by atoms with Crippen LogP contribution in [0, 0.1) is 0 Å². The van der Waals surface area contributed by atoms with Gasteiger partial charge in [0.25, 0.3) is 0 Å². The Labute approximate surface area is 131 Å². The highest BCUT2D eigenvalue weighted by Crippen LogP contribution is 2.37. The topological polar surface area (TPSA) is 38.3 Å². The standard InChI is InChI=1S/C19H21NO2/c1-22-17-12-10-16(11-13-17)20-19(14-6-5-9-18(19)21)15-7-3-2-4-8-15/h2-4,7-8,10-13,20H,5-6,9,14H2,1H3/t19-/m1/s1. The van der Waals surface area contributed by atoms with Gasteiger partial charge in [0.1, 0.15) is 11.3 Å². The number of methoxy groups -OCH3 is 1. The van der Waals surface area contributed by atoms with Gasteiger partial charge in [-0.15, -0.1) is 0 Å². The first-order chi connectivity index (χ1) is 10.7. The lowest BCUT2D eigenvalue weighted by Gasteiger charge is -2.38. The Morgan fingerprint density at radius 2 is 1.73 bits per heavy atom. The number of carbonyl (C=O) groups is 1. The van der Waals surface area contributed by atoms with E-state index in [0.717, 1.165) is 36.3 Å². The lowest BCUT2D eigenvalue weighted by molar-refractivity contribution is -0.125. The van der Waals surface area contributed by atoms with E-state index in [1.807, 2.05) is 54.6 Å². The lowest BCUT2D eigenvalue weighted by atomic mass is 9.75. The molecule has 0 amide bonds. The van der Waals surface area contributed by atoms with Crippen LogP contribution in [0.1, 0.15) is 31.2 Å². The Hall–Kier alpha value is -2.29. The summed E-state index contributed by atoms with van der Waals surface area (Å²) >= 11 is 0. The maximum Gasteiger partial charge on any atom is 0.162 e. The first kappa shape index (κ1) is 14.6. The highest BCUT2D eigenvalue weighted by Gasteiger charge is 2.41. The van der Waals surface area contributed by atoms with Crippen molar-refractivity contribution in [3.8, 4) is 5.75 Å². The molecule has 114 valence electrons. The predicted octanol–water partition coefficient (Wildman–Crippen LogP) is 4.15. The molecule has 2 aromatic carbocycles. The summed E-state index contributed by atoms with van der Waals surface area (Å²) in [5.74, 6) is 1.09. The molecule has 1 fully saturated rings. The second-order valence-electron chi connectivity index (χ2n) is 5.76. The summed E-state index contributed by atoms with van der Waals surface area (Å²) in [5.41, 5.74) is 1.39. The zero-order valence-electron chi connectivity index (χ0n) is 12.8. The molecule has 1 atom stereocenters. The van der Waals surface area contributed by atoms with Gasteiger partial charge in [-0.3, -0.25) is 4.79 Å². The molecule has 0 heterocycles. The minimum atomic E-state index is -0.603. The van der Waals surface area contributed by atoms with Crippen molar-refractivity contribution in [2.45, 2.75) is 31.2 Å².